The summed E-state index contributed by atoms with van der Waals surface area (Å²) in [6.07, 6.45) is 3.39. The fraction of sp³-hybridized carbons (Fsp3) is 0.750. The maximum atomic E-state index is 5.48. The molecule has 0 saturated heterocycles. The molecule has 0 radical (unpaired) electrons. The molecule has 66 valence electrons. The van der Waals surface area contributed by atoms with Gasteiger partial charge in [0.05, 0.1) is 0 Å². The van der Waals surface area contributed by atoms with Crippen molar-refractivity contribution >= 4 is 0 Å². The minimum absolute atomic E-state index is 0.658. The number of nitrogens with zero attached hydrogens (tertiary/aromatic N) is 3. The van der Waals surface area contributed by atoms with E-state index in [1.54, 1.807) is 0 Å². The fourth-order valence-electron chi connectivity index (χ4n) is 1.52. The summed E-state index contributed by atoms with van der Waals surface area (Å²) in [6.45, 7) is 2.66. The molecule has 1 fully saturated rings. The topological polar surface area (TPSA) is 56.7 Å². The van der Waals surface area contributed by atoms with Gasteiger partial charge < -0.3 is 10.3 Å². The maximum absolute atomic E-state index is 5.48. The van der Waals surface area contributed by atoms with Crippen LogP contribution in [0.15, 0.2) is 0 Å². The molecule has 12 heavy (non-hydrogen) atoms. The zero-order valence-corrected chi connectivity index (χ0v) is 7.32. The van der Waals surface area contributed by atoms with Gasteiger partial charge in [-0.1, -0.05) is 0 Å². The number of hydrogen-bond donors (Lipinski definition) is 1. The summed E-state index contributed by atoms with van der Waals surface area (Å²) in [5.74, 6) is 2.08. The Hall–Kier alpha value is -0.900. The first-order valence-corrected chi connectivity index (χ1v) is 4.43. The van der Waals surface area contributed by atoms with Crippen molar-refractivity contribution < 1.29 is 0 Å². The Balaban J connectivity index is 2.27. The van der Waals surface area contributed by atoms with E-state index in [1.807, 2.05) is 6.92 Å². The van der Waals surface area contributed by atoms with Gasteiger partial charge in [-0.2, -0.15) is 0 Å². The molecule has 0 bridgehead atoms. The average Bonchev–Trinajstić information content (AvgIpc) is 2.80. The van der Waals surface area contributed by atoms with Gasteiger partial charge >= 0.3 is 0 Å². The summed E-state index contributed by atoms with van der Waals surface area (Å²) < 4.78 is 2.23. The third-order valence-electron chi connectivity index (χ3n) is 2.22. The highest BCUT2D eigenvalue weighted by Crippen LogP contribution is 2.36. The molecule has 1 saturated carbocycles. The van der Waals surface area contributed by atoms with Crippen molar-refractivity contribution in [3.63, 3.8) is 0 Å². The molecule has 0 aromatic carbocycles. The Morgan fingerprint density at radius 1 is 1.50 bits per heavy atom. The predicted octanol–water partition coefficient (Wildman–Crippen LogP) is 0.423. The number of rotatable bonds is 3. The molecule has 0 unspecified atom stereocenters. The normalized spacial score (nSPS) is 16.8. The van der Waals surface area contributed by atoms with E-state index in [0.717, 1.165) is 18.1 Å². The number of aryl methyl sites for hydroxylation is 1. The van der Waals surface area contributed by atoms with Gasteiger partial charge in [0.15, 0.2) is 0 Å². The van der Waals surface area contributed by atoms with Crippen molar-refractivity contribution in [1.29, 1.82) is 0 Å². The second-order valence-electron chi connectivity index (χ2n) is 3.30. The van der Waals surface area contributed by atoms with Crippen molar-refractivity contribution in [2.75, 3.05) is 6.54 Å². The molecule has 4 heteroatoms. The quantitative estimate of drug-likeness (QED) is 0.708. The highest BCUT2D eigenvalue weighted by Gasteiger charge is 2.27. The lowest BCUT2D eigenvalue weighted by molar-refractivity contribution is 0.659. The second-order valence-corrected chi connectivity index (χ2v) is 3.30. The van der Waals surface area contributed by atoms with E-state index in [-0.39, 0.29) is 0 Å². The Labute approximate surface area is 71.8 Å². The highest BCUT2D eigenvalue weighted by atomic mass is 15.3. The summed E-state index contributed by atoms with van der Waals surface area (Å²) in [7, 11) is 0. The van der Waals surface area contributed by atoms with Gasteiger partial charge in [0, 0.05) is 12.5 Å². The Morgan fingerprint density at radius 2 is 2.25 bits per heavy atom. The average molecular weight is 166 g/mol. The lowest BCUT2D eigenvalue weighted by Crippen LogP contribution is -2.10. The number of hydrogen-bond acceptors (Lipinski definition) is 3. The highest BCUT2D eigenvalue weighted by molar-refractivity contribution is 5.01. The summed E-state index contributed by atoms with van der Waals surface area (Å²) in [5, 5.41) is 8.15. The molecule has 2 rings (SSSR count). The molecule has 1 aliphatic rings. The van der Waals surface area contributed by atoms with Crippen molar-refractivity contribution in [3.8, 4) is 0 Å². The summed E-state index contributed by atoms with van der Waals surface area (Å²) in [4.78, 5) is 0. The second kappa shape index (κ2) is 2.86. The monoisotopic (exact) mass is 166 g/mol. The van der Waals surface area contributed by atoms with Crippen LogP contribution in [-0.4, -0.2) is 21.3 Å². The molecule has 0 atom stereocenters. The van der Waals surface area contributed by atoms with E-state index in [9.17, 15) is 0 Å². The zero-order valence-electron chi connectivity index (χ0n) is 7.32. The first-order valence-electron chi connectivity index (χ1n) is 4.43. The first kappa shape index (κ1) is 7.73. The lowest BCUT2D eigenvalue weighted by atomic mass is 10.4. The smallest absolute Gasteiger partial charge is 0.134 e. The van der Waals surface area contributed by atoms with Gasteiger partial charge in [0.25, 0.3) is 0 Å². The molecule has 0 aliphatic heterocycles. The molecule has 0 spiro atoms. The van der Waals surface area contributed by atoms with Crippen molar-refractivity contribution in [2.24, 2.45) is 5.73 Å². The predicted molar refractivity (Wildman–Crippen MR) is 45.8 cm³/mol. The molecule has 1 aromatic heterocycles. The van der Waals surface area contributed by atoms with Gasteiger partial charge in [-0.3, -0.25) is 0 Å². The van der Waals surface area contributed by atoms with Crippen molar-refractivity contribution in [3.05, 3.63) is 11.6 Å². The number of nitrogens with two attached hydrogens (primary N) is 1. The first-order chi connectivity index (χ1) is 5.83. The van der Waals surface area contributed by atoms with Crippen LogP contribution in [-0.2, 0) is 6.42 Å². The van der Waals surface area contributed by atoms with Crippen LogP contribution in [0.25, 0.3) is 0 Å². The van der Waals surface area contributed by atoms with Gasteiger partial charge in [0.2, 0.25) is 0 Å². The van der Waals surface area contributed by atoms with E-state index in [4.69, 9.17) is 5.73 Å². The van der Waals surface area contributed by atoms with Crippen LogP contribution in [0.5, 0.6) is 0 Å². The SMILES string of the molecule is Cc1nnc(CCN)n1C1CC1. The largest absolute Gasteiger partial charge is 0.330 e. The summed E-state index contributed by atoms with van der Waals surface area (Å²) >= 11 is 0. The molecule has 0 amide bonds. The van der Waals surface area contributed by atoms with Gasteiger partial charge in [0.1, 0.15) is 11.6 Å². The number of aromatic nitrogens is 3. The third kappa shape index (κ3) is 1.22. The van der Waals surface area contributed by atoms with E-state index in [2.05, 4.69) is 14.8 Å². The van der Waals surface area contributed by atoms with Crippen LogP contribution in [0, 0.1) is 6.92 Å². The molecule has 2 N–H and O–H groups in total. The zero-order chi connectivity index (χ0) is 8.55. The minimum Gasteiger partial charge on any atom is -0.330 e. The Kier molecular flexibility index (Phi) is 1.84. The van der Waals surface area contributed by atoms with Gasteiger partial charge in [-0.15, -0.1) is 10.2 Å². The van der Waals surface area contributed by atoms with Crippen molar-refractivity contribution in [1.82, 2.24) is 14.8 Å². The molecule has 1 aromatic rings. The molecule has 1 aliphatic carbocycles. The standard InChI is InChI=1S/C8H14N4/c1-6-10-11-8(4-5-9)12(6)7-2-3-7/h7H,2-5,9H2,1H3. The van der Waals surface area contributed by atoms with E-state index in [0.29, 0.717) is 12.6 Å². The molecular formula is C8H14N4. The van der Waals surface area contributed by atoms with Crippen LogP contribution >= 0.6 is 0 Å². The minimum atomic E-state index is 0.658. The molecular weight excluding hydrogens is 152 g/mol. The van der Waals surface area contributed by atoms with E-state index >= 15 is 0 Å². The summed E-state index contributed by atoms with van der Waals surface area (Å²) in [6, 6.07) is 0.668. The van der Waals surface area contributed by atoms with E-state index < -0.39 is 0 Å². The van der Waals surface area contributed by atoms with Crippen LogP contribution in [0.3, 0.4) is 0 Å². The third-order valence-corrected chi connectivity index (χ3v) is 2.22. The van der Waals surface area contributed by atoms with Crippen LogP contribution in [0.1, 0.15) is 30.5 Å². The van der Waals surface area contributed by atoms with E-state index in [1.165, 1.54) is 12.8 Å². The van der Waals surface area contributed by atoms with Crippen molar-refractivity contribution in [2.45, 2.75) is 32.2 Å². The summed E-state index contributed by atoms with van der Waals surface area (Å²) in [5.41, 5.74) is 5.48. The Bertz CT molecular complexity index is 275. The fourth-order valence-corrected chi connectivity index (χ4v) is 1.52. The van der Waals surface area contributed by atoms with Gasteiger partial charge in [-0.05, 0) is 26.3 Å². The van der Waals surface area contributed by atoms with Crippen LogP contribution in [0.4, 0.5) is 0 Å². The van der Waals surface area contributed by atoms with Crippen LogP contribution in [0.2, 0.25) is 0 Å². The Morgan fingerprint density at radius 3 is 2.83 bits per heavy atom. The maximum Gasteiger partial charge on any atom is 0.134 e. The lowest BCUT2D eigenvalue weighted by Gasteiger charge is -2.04. The molecule has 4 nitrogen and oxygen atoms in total. The van der Waals surface area contributed by atoms with Crippen LogP contribution < -0.4 is 5.73 Å². The van der Waals surface area contributed by atoms with Gasteiger partial charge in [-0.25, -0.2) is 0 Å². The molecule has 1 heterocycles.